The van der Waals surface area contributed by atoms with Gasteiger partial charge in [-0.15, -0.1) is 11.3 Å². The van der Waals surface area contributed by atoms with Gasteiger partial charge in [0.25, 0.3) is 0 Å². The second-order valence-corrected chi connectivity index (χ2v) is 7.94. The molecule has 8 heteroatoms. The van der Waals surface area contributed by atoms with Crippen LogP contribution in [0.2, 0.25) is 0 Å². The monoisotopic (exact) mass is 387 g/mol. The van der Waals surface area contributed by atoms with E-state index in [1.54, 1.807) is 17.4 Å². The van der Waals surface area contributed by atoms with Gasteiger partial charge in [0.2, 0.25) is 11.8 Å². The Bertz CT molecular complexity index is 883. The Morgan fingerprint density at radius 3 is 2.93 bits per heavy atom. The highest BCUT2D eigenvalue weighted by Crippen LogP contribution is 2.28. The first-order chi connectivity index (χ1) is 13.0. The van der Waals surface area contributed by atoms with E-state index in [0.717, 1.165) is 6.42 Å². The number of β-amino-alcohol motifs (C(OH)–C–C–N with tert-alkyl or cyclic N) is 1. The molecule has 0 aliphatic carbocycles. The number of rotatable bonds is 9. The zero-order valence-electron chi connectivity index (χ0n) is 15.5. The first-order valence-electron chi connectivity index (χ1n) is 8.77. The molecule has 0 saturated heterocycles. The minimum Gasteiger partial charge on any atom is -0.475 e. The molecule has 5 N–H and O–H groups in total. The highest BCUT2D eigenvalue weighted by Gasteiger charge is 2.21. The number of ether oxygens (including phenoxy) is 1. The van der Waals surface area contributed by atoms with Crippen LogP contribution in [-0.2, 0) is 6.42 Å². The van der Waals surface area contributed by atoms with Crippen LogP contribution in [0, 0.1) is 0 Å². The molecule has 1 atom stereocenters. The summed E-state index contributed by atoms with van der Waals surface area (Å²) in [6.45, 7) is 4.82. The molecule has 144 valence electrons. The highest BCUT2D eigenvalue weighted by molar-refractivity contribution is 7.17. The van der Waals surface area contributed by atoms with E-state index in [0.29, 0.717) is 12.4 Å². The molecule has 0 fully saturated rings. The van der Waals surface area contributed by atoms with Crippen LogP contribution in [0.5, 0.6) is 5.88 Å². The van der Waals surface area contributed by atoms with E-state index in [1.807, 2.05) is 0 Å². The summed E-state index contributed by atoms with van der Waals surface area (Å²) in [6, 6.07) is 10.0. The molecule has 1 unspecified atom stereocenters. The van der Waals surface area contributed by atoms with Gasteiger partial charge in [0, 0.05) is 29.0 Å². The summed E-state index contributed by atoms with van der Waals surface area (Å²) in [5.41, 5.74) is 3.52. The number of aromatic nitrogens is 2. The molecule has 0 aliphatic rings. The smallest absolute Gasteiger partial charge is 0.240 e. The van der Waals surface area contributed by atoms with Crippen molar-refractivity contribution in [3.8, 4) is 5.88 Å². The Balaban J connectivity index is 1.50. The lowest BCUT2D eigenvalue weighted by Gasteiger charge is -2.28. The lowest BCUT2D eigenvalue weighted by molar-refractivity contribution is 0.0966. The van der Waals surface area contributed by atoms with Crippen LogP contribution in [0.15, 0.2) is 41.9 Å². The van der Waals surface area contributed by atoms with Crippen molar-refractivity contribution in [2.75, 3.05) is 18.6 Å². The number of nitrogens with two attached hydrogens (primary N) is 1. The lowest BCUT2D eigenvalue weighted by Crippen LogP contribution is -2.46. The quantitative estimate of drug-likeness (QED) is 0.330. The summed E-state index contributed by atoms with van der Waals surface area (Å²) in [7, 11) is 0. The number of hydrogen-bond acceptors (Lipinski definition) is 8. The molecule has 2 aromatic heterocycles. The van der Waals surface area contributed by atoms with Gasteiger partial charge in [-0.2, -0.15) is 4.98 Å². The maximum absolute atomic E-state index is 10.2. The third kappa shape index (κ3) is 5.36. The standard InChI is InChI=1S/C19H25N5O2S/c1-19(2,9-13-12-27-16-6-4-3-5-15(13)16)22-10-14(25)11-26-17-7-8-21-18(23-17)24-20/h3-8,12,14,22,25H,9-11,20H2,1-2H3,(H,21,23,24). The van der Waals surface area contributed by atoms with Crippen LogP contribution in [0.1, 0.15) is 19.4 Å². The van der Waals surface area contributed by atoms with E-state index in [1.165, 1.54) is 21.8 Å². The van der Waals surface area contributed by atoms with Crippen LogP contribution >= 0.6 is 11.3 Å². The Morgan fingerprint density at radius 2 is 2.11 bits per heavy atom. The van der Waals surface area contributed by atoms with Gasteiger partial charge in [-0.1, -0.05) is 18.2 Å². The molecule has 0 amide bonds. The van der Waals surface area contributed by atoms with Crippen LogP contribution < -0.4 is 21.3 Å². The molecule has 2 heterocycles. The minimum absolute atomic E-state index is 0.130. The van der Waals surface area contributed by atoms with Crippen molar-refractivity contribution in [2.45, 2.75) is 31.9 Å². The Morgan fingerprint density at radius 1 is 1.30 bits per heavy atom. The maximum atomic E-state index is 10.2. The van der Waals surface area contributed by atoms with Gasteiger partial charge in [0.1, 0.15) is 12.7 Å². The van der Waals surface area contributed by atoms with E-state index in [4.69, 9.17) is 10.6 Å². The average molecular weight is 388 g/mol. The fourth-order valence-corrected chi connectivity index (χ4v) is 3.80. The first-order valence-corrected chi connectivity index (χ1v) is 9.65. The minimum atomic E-state index is -0.659. The predicted molar refractivity (Wildman–Crippen MR) is 109 cm³/mol. The maximum Gasteiger partial charge on any atom is 0.240 e. The Kier molecular flexibility index (Phi) is 6.22. The Labute approximate surface area is 162 Å². The van der Waals surface area contributed by atoms with Crippen molar-refractivity contribution in [1.29, 1.82) is 0 Å². The van der Waals surface area contributed by atoms with E-state index in [2.05, 4.69) is 64.2 Å². The number of nitrogens with zero attached hydrogens (tertiary/aromatic N) is 2. The molecule has 3 rings (SSSR count). The predicted octanol–water partition coefficient (Wildman–Crippen LogP) is 2.33. The molecule has 0 saturated carbocycles. The second-order valence-electron chi connectivity index (χ2n) is 7.03. The van der Waals surface area contributed by atoms with Crippen molar-refractivity contribution in [3.05, 3.63) is 47.5 Å². The molecule has 0 aliphatic heterocycles. The lowest BCUT2D eigenvalue weighted by atomic mass is 9.94. The molecule has 0 radical (unpaired) electrons. The van der Waals surface area contributed by atoms with Crippen molar-refractivity contribution in [3.63, 3.8) is 0 Å². The highest BCUT2D eigenvalue weighted by atomic mass is 32.1. The van der Waals surface area contributed by atoms with Crippen molar-refractivity contribution in [2.24, 2.45) is 5.84 Å². The van der Waals surface area contributed by atoms with Gasteiger partial charge < -0.3 is 15.2 Å². The number of nitrogen functional groups attached to an aromatic ring is 1. The number of nitrogens with one attached hydrogen (secondary N) is 2. The number of fused-ring (bicyclic) bond motifs is 1. The average Bonchev–Trinajstić information content (AvgIpc) is 3.07. The molecular formula is C19H25N5O2S. The summed E-state index contributed by atoms with van der Waals surface area (Å²) in [6.07, 6.45) is 1.76. The number of hydrogen-bond donors (Lipinski definition) is 4. The number of aliphatic hydroxyl groups excluding tert-OH is 1. The van der Waals surface area contributed by atoms with Crippen LogP contribution in [0.25, 0.3) is 10.1 Å². The summed E-state index contributed by atoms with van der Waals surface area (Å²) >= 11 is 1.76. The summed E-state index contributed by atoms with van der Waals surface area (Å²) < 4.78 is 6.80. The SMILES string of the molecule is CC(C)(Cc1csc2ccccc12)NCC(O)COc1ccnc(NN)n1. The van der Waals surface area contributed by atoms with Crippen LogP contribution in [0.4, 0.5) is 5.95 Å². The van der Waals surface area contributed by atoms with E-state index in [9.17, 15) is 5.11 Å². The second kappa shape index (κ2) is 8.62. The molecule has 7 nitrogen and oxygen atoms in total. The van der Waals surface area contributed by atoms with Crippen molar-refractivity contribution >= 4 is 27.4 Å². The van der Waals surface area contributed by atoms with E-state index < -0.39 is 6.10 Å². The van der Waals surface area contributed by atoms with Gasteiger partial charge in [0.15, 0.2) is 0 Å². The molecule has 27 heavy (non-hydrogen) atoms. The van der Waals surface area contributed by atoms with Crippen molar-refractivity contribution in [1.82, 2.24) is 15.3 Å². The largest absolute Gasteiger partial charge is 0.475 e. The molecule has 1 aromatic carbocycles. The summed E-state index contributed by atoms with van der Waals surface area (Å²) in [5.74, 6) is 5.90. The fourth-order valence-electron chi connectivity index (χ4n) is 2.83. The number of aliphatic hydroxyl groups is 1. The van der Waals surface area contributed by atoms with E-state index >= 15 is 0 Å². The van der Waals surface area contributed by atoms with Gasteiger partial charge in [-0.25, -0.2) is 10.8 Å². The zero-order valence-corrected chi connectivity index (χ0v) is 16.3. The van der Waals surface area contributed by atoms with Gasteiger partial charge in [0.05, 0.1) is 0 Å². The normalized spacial score (nSPS) is 12.9. The summed E-state index contributed by atoms with van der Waals surface area (Å²) in [5, 5.41) is 17.2. The number of benzene rings is 1. The third-order valence-corrected chi connectivity index (χ3v) is 5.20. The Hall–Kier alpha value is -2.26. The molecule has 3 aromatic rings. The number of thiophene rings is 1. The first kappa shape index (κ1) is 19.5. The topological polar surface area (TPSA) is 105 Å². The summed E-state index contributed by atoms with van der Waals surface area (Å²) in [4.78, 5) is 7.96. The molecular weight excluding hydrogens is 362 g/mol. The zero-order chi connectivity index (χ0) is 19.3. The number of anilines is 1. The fraction of sp³-hybridized carbons (Fsp3) is 0.368. The molecule has 0 bridgehead atoms. The van der Waals surface area contributed by atoms with Crippen LogP contribution in [-0.4, -0.2) is 39.9 Å². The van der Waals surface area contributed by atoms with Gasteiger partial charge in [-0.05, 0) is 42.7 Å². The van der Waals surface area contributed by atoms with Crippen molar-refractivity contribution < 1.29 is 9.84 Å². The van der Waals surface area contributed by atoms with Crippen LogP contribution in [0.3, 0.4) is 0 Å². The van der Waals surface area contributed by atoms with Gasteiger partial charge in [-0.3, -0.25) is 5.43 Å². The van der Waals surface area contributed by atoms with Gasteiger partial charge >= 0.3 is 0 Å². The number of hydrazine groups is 1. The van der Waals surface area contributed by atoms with E-state index in [-0.39, 0.29) is 18.1 Å². The molecule has 0 spiro atoms. The third-order valence-electron chi connectivity index (χ3n) is 4.19.